The predicted molar refractivity (Wildman–Crippen MR) is 108 cm³/mol. The molecule has 0 radical (unpaired) electrons. The van der Waals surface area contributed by atoms with Crippen molar-refractivity contribution in [2.45, 2.75) is 25.9 Å². The van der Waals surface area contributed by atoms with Gasteiger partial charge in [0.2, 0.25) is 11.6 Å². The smallest absolute Gasteiger partial charge is 0.294 e. The number of carbonyl (C=O) groups excluding carboxylic acids is 2. The van der Waals surface area contributed by atoms with E-state index >= 15 is 0 Å². The van der Waals surface area contributed by atoms with Gasteiger partial charge in [-0.25, -0.2) is 23.7 Å². The van der Waals surface area contributed by atoms with Gasteiger partial charge in [-0.3, -0.25) is 9.59 Å². The molecule has 0 saturated carbocycles. The third-order valence-corrected chi connectivity index (χ3v) is 5.16. The summed E-state index contributed by atoms with van der Waals surface area (Å²) in [5.41, 5.74) is 1.53. The van der Waals surface area contributed by atoms with Crippen LogP contribution in [0.25, 0.3) is 0 Å². The molecule has 3 aromatic rings. The van der Waals surface area contributed by atoms with Crippen molar-refractivity contribution in [2.75, 3.05) is 11.9 Å². The number of aromatic nitrogens is 3. The van der Waals surface area contributed by atoms with Crippen molar-refractivity contribution in [3.8, 4) is 5.88 Å². The Morgan fingerprint density at radius 2 is 2.19 bits per heavy atom. The second kappa shape index (κ2) is 8.87. The first-order chi connectivity index (χ1) is 15.3. The van der Waals surface area contributed by atoms with E-state index in [-0.39, 0.29) is 34.9 Å². The van der Waals surface area contributed by atoms with Crippen LogP contribution in [0.4, 0.5) is 14.6 Å². The second-order valence-corrected chi connectivity index (χ2v) is 7.28. The Morgan fingerprint density at radius 3 is 2.88 bits per heavy atom. The van der Waals surface area contributed by atoms with Gasteiger partial charge in [-0.15, -0.1) is 0 Å². The molecule has 0 spiro atoms. The fourth-order valence-corrected chi connectivity index (χ4v) is 3.49. The minimum Gasteiger partial charge on any atom is -0.471 e. The Bertz CT molecular complexity index is 1160. The summed E-state index contributed by atoms with van der Waals surface area (Å²) in [6.07, 6.45) is 2.59. The number of amides is 2. The standard InChI is InChI=1S/C20H16ClF2N5O4/c1-10(11-4-14(21)19(26-5-11)31-8-16(22)23)28-7-13-12(20(28)30)2-3-25-17(13)27-18(29)15-6-24-9-32-15/h2-6,9-10,16H,7-8H2,1H3,(H,25,27,29). The third-order valence-electron chi connectivity index (χ3n) is 4.89. The van der Waals surface area contributed by atoms with Crippen LogP contribution in [0, 0.1) is 0 Å². The number of rotatable bonds is 7. The van der Waals surface area contributed by atoms with E-state index < -0.39 is 25.0 Å². The van der Waals surface area contributed by atoms with Gasteiger partial charge in [0.15, 0.2) is 13.0 Å². The molecule has 2 amide bonds. The number of halogens is 3. The van der Waals surface area contributed by atoms with Gasteiger partial charge in [0, 0.05) is 23.5 Å². The molecule has 1 unspecified atom stereocenters. The van der Waals surface area contributed by atoms with E-state index in [1.807, 2.05) is 0 Å². The molecule has 1 N–H and O–H groups in total. The molecule has 0 bridgehead atoms. The Labute approximate surface area is 185 Å². The number of pyridine rings is 2. The summed E-state index contributed by atoms with van der Waals surface area (Å²) in [7, 11) is 0. The normalized spacial score (nSPS) is 13.9. The minimum absolute atomic E-state index is 0.00816. The van der Waals surface area contributed by atoms with E-state index in [0.717, 1.165) is 6.39 Å². The number of alkyl halides is 2. The lowest BCUT2D eigenvalue weighted by Crippen LogP contribution is -2.27. The van der Waals surface area contributed by atoms with Crippen LogP contribution in [0.3, 0.4) is 0 Å². The number of anilines is 1. The van der Waals surface area contributed by atoms with Gasteiger partial charge in [0.1, 0.15) is 10.8 Å². The molecular formula is C20H16ClF2N5O4. The zero-order chi connectivity index (χ0) is 22.8. The van der Waals surface area contributed by atoms with Crippen molar-refractivity contribution >= 4 is 29.2 Å². The molecule has 1 aliphatic heterocycles. The monoisotopic (exact) mass is 463 g/mol. The van der Waals surface area contributed by atoms with Gasteiger partial charge in [-0.2, -0.15) is 0 Å². The largest absolute Gasteiger partial charge is 0.471 e. The lowest BCUT2D eigenvalue weighted by molar-refractivity contribution is 0.0713. The maximum absolute atomic E-state index is 13.0. The summed E-state index contributed by atoms with van der Waals surface area (Å²) in [5, 5.41) is 2.69. The van der Waals surface area contributed by atoms with Gasteiger partial charge in [0.25, 0.3) is 18.2 Å². The van der Waals surface area contributed by atoms with Gasteiger partial charge in [0.05, 0.1) is 18.8 Å². The molecule has 32 heavy (non-hydrogen) atoms. The van der Waals surface area contributed by atoms with Crippen LogP contribution in [0.5, 0.6) is 5.88 Å². The highest BCUT2D eigenvalue weighted by Crippen LogP contribution is 2.35. The average Bonchev–Trinajstić information content (AvgIpc) is 3.42. The molecule has 4 heterocycles. The molecule has 0 aliphatic carbocycles. The van der Waals surface area contributed by atoms with Crippen molar-refractivity contribution in [1.29, 1.82) is 0 Å². The molecule has 1 atom stereocenters. The van der Waals surface area contributed by atoms with Crippen LogP contribution in [-0.4, -0.2) is 44.7 Å². The molecular weight excluding hydrogens is 448 g/mol. The summed E-state index contributed by atoms with van der Waals surface area (Å²) in [6.45, 7) is 1.13. The zero-order valence-electron chi connectivity index (χ0n) is 16.6. The summed E-state index contributed by atoms with van der Waals surface area (Å²) in [5.74, 6) is -0.676. The summed E-state index contributed by atoms with van der Waals surface area (Å²) < 4.78 is 34.6. The number of fused-ring (bicyclic) bond motifs is 1. The first kappa shape index (κ1) is 21.6. The first-order valence-corrected chi connectivity index (χ1v) is 9.78. The van der Waals surface area contributed by atoms with Crippen molar-refractivity contribution in [1.82, 2.24) is 19.9 Å². The van der Waals surface area contributed by atoms with Crippen LogP contribution in [-0.2, 0) is 6.54 Å². The maximum Gasteiger partial charge on any atom is 0.294 e. The topological polar surface area (TPSA) is 110 Å². The van der Waals surface area contributed by atoms with Crippen molar-refractivity contribution in [2.24, 2.45) is 0 Å². The summed E-state index contributed by atoms with van der Waals surface area (Å²) in [6, 6.07) is 2.63. The lowest BCUT2D eigenvalue weighted by atomic mass is 10.1. The number of nitrogens with zero attached hydrogens (tertiary/aromatic N) is 4. The quantitative estimate of drug-likeness (QED) is 0.568. The Kier molecular flexibility index (Phi) is 5.99. The fraction of sp³-hybridized carbons (Fsp3) is 0.250. The Morgan fingerprint density at radius 1 is 1.38 bits per heavy atom. The number of hydrogen-bond donors (Lipinski definition) is 1. The highest BCUT2D eigenvalue weighted by Gasteiger charge is 2.34. The highest BCUT2D eigenvalue weighted by atomic mass is 35.5. The molecule has 0 saturated heterocycles. The highest BCUT2D eigenvalue weighted by molar-refractivity contribution is 6.31. The summed E-state index contributed by atoms with van der Waals surface area (Å²) in [4.78, 5) is 38.7. The van der Waals surface area contributed by atoms with E-state index in [0.29, 0.717) is 16.7 Å². The van der Waals surface area contributed by atoms with E-state index in [4.69, 9.17) is 20.8 Å². The lowest BCUT2D eigenvalue weighted by Gasteiger charge is -2.24. The van der Waals surface area contributed by atoms with Crippen LogP contribution in [0.1, 0.15) is 45.0 Å². The SMILES string of the molecule is CC(c1cnc(OCC(F)F)c(Cl)c1)N1Cc2c(ccnc2NC(=O)c2cnco2)C1=O. The number of hydrogen-bond acceptors (Lipinski definition) is 7. The Balaban J connectivity index is 1.53. The van der Waals surface area contributed by atoms with Gasteiger partial charge >= 0.3 is 0 Å². The number of ether oxygens (including phenoxy) is 1. The van der Waals surface area contributed by atoms with Crippen LogP contribution < -0.4 is 10.1 Å². The van der Waals surface area contributed by atoms with E-state index in [1.165, 1.54) is 24.7 Å². The molecule has 9 nitrogen and oxygen atoms in total. The maximum atomic E-state index is 13.0. The molecule has 4 rings (SSSR count). The predicted octanol–water partition coefficient (Wildman–Crippen LogP) is 3.73. The molecule has 166 valence electrons. The van der Waals surface area contributed by atoms with Crippen LogP contribution in [0.2, 0.25) is 5.02 Å². The Hall–Kier alpha value is -3.60. The average molecular weight is 464 g/mol. The van der Waals surface area contributed by atoms with Crippen molar-refractivity contribution < 1.29 is 27.5 Å². The number of nitrogens with one attached hydrogen (secondary N) is 1. The van der Waals surface area contributed by atoms with Crippen LogP contribution >= 0.6 is 11.6 Å². The summed E-state index contributed by atoms with van der Waals surface area (Å²) >= 11 is 6.11. The van der Waals surface area contributed by atoms with E-state index in [9.17, 15) is 18.4 Å². The zero-order valence-corrected chi connectivity index (χ0v) is 17.3. The van der Waals surface area contributed by atoms with Gasteiger partial charge in [-0.1, -0.05) is 11.6 Å². The molecule has 0 aromatic carbocycles. The van der Waals surface area contributed by atoms with E-state index in [2.05, 4.69) is 20.3 Å². The number of oxazole rings is 1. The molecule has 1 aliphatic rings. The van der Waals surface area contributed by atoms with Gasteiger partial charge in [-0.05, 0) is 24.6 Å². The third kappa shape index (κ3) is 4.24. The molecule has 12 heteroatoms. The second-order valence-electron chi connectivity index (χ2n) is 6.87. The number of carbonyl (C=O) groups is 2. The molecule has 0 fully saturated rings. The van der Waals surface area contributed by atoms with Crippen molar-refractivity contribution in [3.05, 3.63) is 64.6 Å². The fourth-order valence-electron chi connectivity index (χ4n) is 3.26. The van der Waals surface area contributed by atoms with Gasteiger partial charge < -0.3 is 19.4 Å². The van der Waals surface area contributed by atoms with Crippen LogP contribution in [0.15, 0.2) is 41.5 Å². The molecule has 3 aromatic heterocycles. The van der Waals surface area contributed by atoms with Crippen molar-refractivity contribution in [3.63, 3.8) is 0 Å². The first-order valence-electron chi connectivity index (χ1n) is 9.40. The van der Waals surface area contributed by atoms with E-state index in [1.54, 1.807) is 17.9 Å². The minimum atomic E-state index is -2.65.